The summed E-state index contributed by atoms with van der Waals surface area (Å²) >= 11 is 0. The Morgan fingerprint density at radius 2 is 1.17 bits per heavy atom. The standard InChI is InChI=1S/C18H12O4S/c19-14-6-10-17(11-7-14)23(20,21)18-12-8-16(9-13-18)22-15-4-2-1-3-5-15/h2-13H. The summed E-state index contributed by atoms with van der Waals surface area (Å²) in [6, 6.07) is 21.1. The van der Waals surface area contributed by atoms with Gasteiger partial charge in [-0.05, 0) is 66.7 Å². The fourth-order valence-corrected chi connectivity index (χ4v) is 3.28. The molecule has 0 heterocycles. The summed E-state index contributed by atoms with van der Waals surface area (Å²) in [6.07, 6.45) is 0. The molecule has 0 aliphatic rings. The van der Waals surface area contributed by atoms with E-state index in [1.165, 1.54) is 36.4 Å². The third-order valence-electron chi connectivity index (χ3n) is 3.19. The molecule has 23 heavy (non-hydrogen) atoms. The highest BCUT2D eigenvalue weighted by atomic mass is 32.2. The van der Waals surface area contributed by atoms with Crippen molar-refractivity contribution in [1.29, 1.82) is 0 Å². The van der Waals surface area contributed by atoms with Crippen LogP contribution < -0.4 is 4.74 Å². The first-order valence-electron chi connectivity index (χ1n) is 6.82. The molecule has 5 heteroatoms. The SMILES string of the molecule is [O]c1ccc(S(=O)(=O)c2ccc(Oc3cc[c]cc3)cc2)cc1. The molecule has 0 saturated carbocycles. The summed E-state index contributed by atoms with van der Waals surface area (Å²) in [4.78, 5) is 0.231. The fourth-order valence-electron chi connectivity index (χ4n) is 2.02. The summed E-state index contributed by atoms with van der Waals surface area (Å²) in [7, 11) is -3.64. The molecule has 0 saturated heterocycles. The lowest BCUT2D eigenvalue weighted by molar-refractivity contribution is 0.354. The van der Waals surface area contributed by atoms with E-state index in [-0.39, 0.29) is 15.5 Å². The van der Waals surface area contributed by atoms with Gasteiger partial charge in [-0.2, -0.15) is 0 Å². The topological polar surface area (TPSA) is 63.3 Å². The molecule has 3 aromatic rings. The Bertz CT molecular complexity index is 884. The third-order valence-corrected chi connectivity index (χ3v) is 4.98. The minimum Gasteiger partial charge on any atom is -0.457 e. The van der Waals surface area contributed by atoms with Gasteiger partial charge in [0.15, 0.2) is 5.75 Å². The molecule has 3 rings (SSSR count). The second-order valence-electron chi connectivity index (χ2n) is 4.78. The van der Waals surface area contributed by atoms with Crippen molar-refractivity contribution in [3.8, 4) is 17.2 Å². The lowest BCUT2D eigenvalue weighted by Gasteiger charge is -2.07. The molecule has 0 unspecified atom stereocenters. The van der Waals surface area contributed by atoms with E-state index >= 15 is 0 Å². The van der Waals surface area contributed by atoms with Gasteiger partial charge >= 0.3 is 0 Å². The van der Waals surface area contributed by atoms with Crippen LogP contribution in [0.15, 0.2) is 82.6 Å². The Morgan fingerprint density at radius 1 is 0.696 bits per heavy atom. The number of benzene rings is 3. The zero-order valence-corrected chi connectivity index (χ0v) is 12.8. The average molecular weight is 324 g/mol. The highest BCUT2D eigenvalue weighted by molar-refractivity contribution is 7.91. The van der Waals surface area contributed by atoms with Crippen LogP contribution in [0.5, 0.6) is 17.2 Å². The zero-order valence-electron chi connectivity index (χ0n) is 12.0. The molecular formula is C18H12O4S. The highest BCUT2D eigenvalue weighted by Crippen LogP contribution is 2.26. The van der Waals surface area contributed by atoms with Crippen LogP contribution in [0.3, 0.4) is 0 Å². The van der Waals surface area contributed by atoms with Crippen molar-refractivity contribution in [1.82, 2.24) is 0 Å². The number of sulfone groups is 1. The minimum atomic E-state index is -3.64. The van der Waals surface area contributed by atoms with Crippen molar-refractivity contribution < 1.29 is 18.3 Å². The van der Waals surface area contributed by atoms with Crippen molar-refractivity contribution in [2.45, 2.75) is 9.79 Å². The number of hydrogen-bond donors (Lipinski definition) is 0. The van der Waals surface area contributed by atoms with E-state index < -0.39 is 9.84 Å². The van der Waals surface area contributed by atoms with Crippen molar-refractivity contribution in [2.75, 3.05) is 0 Å². The van der Waals surface area contributed by atoms with Crippen LogP contribution in [0.25, 0.3) is 0 Å². The van der Waals surface area contributed by atoms with Crippen LogP contribution in [-0.2, 0) is 14.9 Å². The first kappa shape index (κ1) is 15.1. The molecule has 4 nitrogen and oxygen atoms in total. The molecule has 0 aliphatic heterocycles. The molecule has 0 atom stereocenters. The van der Waals surface area contributed by atoms with E-state index in [9.17, 15) is 13.5 Å². The molecule has 3 aromatic carbocycles. The van der Waals surface area contributed by atoms with E-state index in [0.717, 1.165) is 0 Å². The monoisotopic (exact) mass is 324 g/mol. The van der Waals surface area contributed by atoms with Gasteiger partial charge in [0.05, 0.1) is 9.79 Å². The molecule has 0 aliphatic carbocycles. The van der Waals surface area contributed by atoms with Gasteiger partial charge in [-0.3, -0.25) is 5.11 Å². The molecule has 0 spiro atoms. The van der Waals surface area contributed by atoms with Gasteiger partial charge in [0.2, 0.25) is 9.84 Å². The predicted octanol–water partition coefficient (Wildman–Crippen LogP) is 4.26. The van der Waals surface area contributed by atoms with Gasteiger partial charge < -0.3 is 4.74 Å². The highest BCUT2D eigenvalue weighted by Gasteiger charge is 2.17. The quantitative estimate of drug-likeness (QED) is 0.720. The first-order valence-corrected chi connectivity index (χ1v) is 8.30. The molecule has 0 fully saturated rings. The normalized spacial score (nSPS) is 11.1. The van der Waals surface area contributed by atoms with E-state index in [2.05, 4.69) is 6.07 Å². The van der Waals surface area contributed by atoms with Gasteiger partial charge in [-0.25, -0.2) is 8.42 Å². The van der Waals surface area contributed by atoms with Gasteiger partial charge in [0, 0.05) is 0 Å². The van der Waals surface area contributed by atoms with E-state index in [1.807, 2.05) is 0 Å². The minimum absolute atomic E-state index is 0.0874. The van der Waals surface area contributed by atoms with Crippen LogP contribution in [0.2, 0.25) is 0 Å². The van der Waals surface area contributed by atoms with E-state index in [1.54, 1.807) is 36.4 Å². The van der Waals surface area contributed by atoms with Crippen molar-refractivity contribution in [2.24, 2.45) is 0 Å². The van der Waals surface area contributed by atoms with E-state index in [0.29, 0.717) is 11.5 Å². The summed E-state index contributed by atoms with van der Waals surface area (Å²) in [6.45, 7) is 0. The number of hydrogen-bond acceptors (Lipinski definition) is 3. The van der Waals surface area contributed by atoms with Gasteiger partial charge in [0.25, 0.3) is 0 Å². The Kier molecular flexibility index (Phi) is 4.04. The fraction of sp³-hybridized carbons (Fsp3) is 0. The second kappa shape index (κ2) is 6.14. The zero-order chi connectivity index (χ0) is 16.3. The molecule has 0 amide bonds. The van der Waals surface area contributed by atoms with Crippen molar-refractivity contribution in [3.63, 3.8) is 0 Å². The maximum absolute atomic E-state index is 12.5. The maximum atomic E-state index is 12.5. The van der Waals surface area contributed by atoms with Crippen molar-refractivity contribution >= 4 is 9.84 Å². The Morgan fingerprint density at radius 3 is 1.74 bits per heavy atom. The largest absolute Gasteiger partial charge is 0.457 e. The van der Waals surface area contributed by atoms with Crippen LogP contribution in [0.4, 0.5) is 0 Å². The number of rotatable bonds is 4. The van der Waals surface area contributed by atoms with Crippen molar-refractivity contribution in [3.05, 3.63) is 78.9 Å². The lowest BCUT2D eigenvalue weighted by Crippen LogP contribution is -2.01. The van der Waals surface area contributed by atoms with Gasteiger partial charge in [-0.1, -0.05) is 12.1 Å². The Hall–Kier alpha value is -2.79. The summed E-state index contributed by atoms with van der Waals surface area (Å²) in [5.74, 6) is 0.947. The Balaban J connectivity index is 1.85. The first-order chi connectivity index (χ1) is 11.1. The van der Waals surface area contributed by atoms with Gasteiger partial charge in [0.1, 0.15) is 11.5 Å². The molecule has 0 aromatic heterocycles. The molecule has 2 radical (unpaired) electrons. The van der Waals surface area contributed by atoms with Crippen LogP contribution in [0.1, 0.15) is 0 Å². The molecule has 0 bridgehead atoms. The van der Waals surface area contributed by atoms with E-state index in [4.69, 9.17) is 4.74 Å². The number of ether oxygens (including phenoxy) is 1. The molecular weight excluding hydrogens is 312 g/mol. The molecule has 0 N–H and O–H groups in total. The van der Waals surface area contributed by atoms with Crippen LogP contribution in [0, 0.1) is 6.07 Å². The second-order valence-corrected chi connectivity index (χ2v) is 6.73. The van der Waals surface area contributed by atoms with Gasteiger partial charge in [-0.15, -0.1) is 0 Å². The lowest BCUT2D eigenvalue weighted by atomic mass is 10.3. The van der Waals surface area contributed by atoms with Crippen LogP contribution >= 0.6 is 0 Å². The average Bonchev–Trinajstić information content (AvgIpc) is 2.57. The summed E-state index contributed by atoms with van der Waals surface area (Å²) in [5.41, 5.74) is 0. The maximum Gasteiger partial charge on any atom is 0.206 e. The molecule has 114 valence electrons. The summed E-state index contributed by atoms with van der Waals surface area (Å²) in [5, 5.41) is 11.1. The smallest absolute Gasteiger partial charge is 0.206 e. The summed E-state index contributed by atoms with van der Waals surface area (Å²) < 4.78 is 30.5. The Labute approximate surface area is 134 Å². The third kappa shape index (κ3) is 3.35. The van der Waals surface area contributed by atoms with Crippen LogP contribution in [-0.4, -0.2) is 8.42 Å². The predicted molar refractivity (Wildman–Crippen MR) is 83.8 cm³/mol.